The quantitative estimate of drug-likeness (QED) is 0.132. The number of hydrogen-bond donors (Lipinski definition) is 0. The van der Waals surface area contributed by atoms with Crippen LogP contribution in [0, 0.1) is 0 Å². The first-order valence-electron chi connectivity index (χ1n) is 17.1. The van der Waals surface area contributed by atoms with Crippen LogP contribution in [-0.4, -0.2) is 29.5 Å². The molecule has 0 saturated heterocycles. The van der Waals surface area contributed by atoms with Gasteiger partial charge in [0.15, 0.2) is 0 Å². The molecule has 4 heteroatoms. The van der Waals surface area contributed by atoms with Crippen molar-refractivity contribution >= 4 is 55.3 Å². The first-order valence-corrected chi connectivity index (χ1v) is 18.8. The Labute approximate surface area is 301 Å². The Morgan fingerprint density at radius 3 is 1.57 bits per heavy atom. The molecule has 0 unspecified atom stereocenters. The van der Waals surface area contributed by atoms with Gasteiger partial charge in [0.2, 0.25) is 0 Å². The van der Waals surface area contributed by atoms with Gasteiger partial charge in [0, 0.05) is 0 Å². The van der Waals surface area contributed by atoms with E-state index in [0.29, 0.717) is 17.5 Å². The predicted octanol–water partition coefficient (Wildman–Crippen LogP) is 11.9. The van der Waals surface area contributed by atoms with E-state index in [4.69, 9.17) is 15.0 Å². The average molecular weight is 715 g/mol. The molecule has 10 aromatic rings. The van der Waals surface area contributed by atoms with Crippen LogP contribution in [0.25, 0.3) is 97.3 Å². The third-order valence-corrected chi connectivity index (χ3v) is 12.4. The van der Waals surface area contributed by atoms with Crippen molar-refractivity contribution in [2.75, 3.05) is 0 Å². The number of aromatic nitrogens is 3. The topological polar surface area (TPSA) is 38.7 Å². The molecule has 0 aliphatic carbocycles. The normalized spacial score (nSPS) is 11.5. The van der Waals surface area contributed by atoms with Crippen molar-refractivity contribution in [3.63, 3.8) is 0 Å². The Balaban J connectivity index is 1.27. The SMILES string of the molecule is c1ccc(-c2ccc(-c3nc(-c4ccccc4)nc(-c4cc5ccc6ccccc6c5c5[se]c6c(-c7ccccc7)cccc6c45)n3)cc2)cc1. The number of hydrogen-bond acceptors (Lipinski definition) is 3. The molecule has 2 aromatic heterocycles. The van der Waals surface area contributed by atoms with Crippen LogP contribution in [0.2, 0.25) is 0 Å². The summed E-state index contributed by atoms with van der Waals surface area (Å²) in [4.78, 5) is 15.6. The van der Waals surface area contributed by atoms with Crippen LogP contribution in [0.5, 0.6) is 0 Å². The molecule has 0 fully saturated rings. The van der Waals surface area contributed by atoms with Gasteiger partial charge >= 0.3 is 284 Å². The van der Waals surface area contributed by atoms with Crippen LogP contribution in [0.15, 0.2) is 176 Å². The van der Waals surface area contributed by atoms with Crippen molar-refractivity contribution in [3.05, 3.63) is 176 Å². The summed E-state index contributed by atoms with van der Waals surface area (Å²) in [5.41, 5.74) is 7.83. The molecule has 8 aromatic carbocycles. The summed E-state index contributed by atoms with van der Waals surface area (Å²) >= 11 is 0.0564. The molecule has 0 radical (unpaired) electrons. The Kier molecular flexibility index (Phi) is 7.16. The Hall–Kier alpha value is -6.19. The molecule has 2 heterocycles. The van der Waals surface area contributed by atoms with E-state index in [1.54, 1.807) is 0 Å². The van der Waals surface area contributed by atoms with Gasteiger partial charge in [-0.15, -0.1) is 0 Å². The average Bonchev–Trinajstić information content (AvgIpc) is 3.61. The fraction of sp³-hybridized carbons (Fsp3) is 0. The Morgan fingerprint density at radius 2 is 0.843 bits per heavy atom. The maximum atomic E-state index is 5.29. The maximum absolute atomic E-state index is 5.29. The zero-order valence-corrected chi connectivity index (χ0v) is 29.2. The zero-order chi connectivity index (χ0) is 33.7. The molecule has 0 spiro atoms. The van der Waals surface area contributed by atoms with Gasteiger partial charge in [0.1, 0.15) is 0 Å². The summed E-state index contributed by atoms with van der Waals surface area (Å²) in [6.45, 7) is 0. The summed E-state index contributed by atoms with van der Waals surface area (Å²) in [6.07, 6.45) is 0. The summed E-state index contributed by atoms with van der Waals surface area (Å²) < 4.78 is 2.79. The Morgan fingerprint density at radius 1 is 0.314 bits per heavy atom. The first-order chi connectivity index (χ1) is 25.3. The molecule has 3 nitrogen and oxygen atoms in total. The van der Waals surface area contributed by atoms with E-state index in [0.717, 1.165) is 22.3 Å². The van der Waals surface area contributed by atoms with E-state index in [1.165, 1.54) is 57.5 Å². The van der Waals surface area contributed by atoms with Gasteiger partial charge in [0.25, 0.3) is 0 Å². The van der Waals surface area contributed by atoms with Crippen molar-refractivity contribution in [3.8, 4) is 56.4 Å². The van der Waals surface area contributed by atoms with Crippen LogP contribution in [0.1, 0.15) is 0 Å². The van der Waals surface area contributed by atoms with Gasteiger partial charge in [-0.1, -0.05) is 18.2 Å². The van der Waals surface area contributed by atoms with Crippen molar-refractivity contribution in [1.29, 1.82) is 0 Å². The molecule has 0 bridgehead atoms. The van der Waals surface area contributed by atoms with Crippen LogP contribution in [-0.2, 0) is 0 Å². The summed E-state index contributed by atoms with van der Waals surface area (Å²) in [5.74, 6) is 2.01. The smallest absolute Gasteiger partial charge is 0.0617 e. The summed E-state index contributed by atoms with van der Waals surface area (Å²) in [6, 6.07) is 62.4. The van der Waals surface area contributed by atoms with Gasteiger partial charge < -0.3 is 0 Å². The molecule has 0 saturated carbocycles. The fourth-order valence-electron chi connectivity index (χ4n) is 7.26. The van der Waals surface area contributed by atoms with E-state index >= 15 is 0 Å². The van der Waals surface area contributed by atoms with Gasteiger partial charge in [0.05, 0.1) is 0 Å². The number of nitrogens with zero attached hydrogens (tertiary/aromatic N) is 3. The number of fused-ring (bicyclic) bond motifs is 7. The molecule has 0 aliphatic rings. The van der Waals surface area contributed by atoms with Crippen molar-refractivity contribution in [2.45, 2.75) is 0 Å². The second-order valence-electron chi connectivity index (χ2n) is 12.8. The summed E-state index contributed by atoms with van der Waals surface area (Å²) in [7, 11) is 0. The third-order valence-electron chi connectivity index (χ3n) is 9.72. The van der Waals surface area contributed by atoms with E-state index in [2.05, 4.69) is 152 Å². The van der Waals surface area contributed by atoms with E-state index in [9.17, 15) is 0 Å². The van der Waals surface area contributed by atoms with Gasteiger partial charge in [-0.2, -0.15) is 0 Å². The number of benzene rings is 8. The molecule has 0 atom stereocenters. The van der Waals surface area contributed by atoms with E-state index in [1.807, 2.05) is 24.3 Å². The van der Waals surface area contributed by atoms with Crippen LogP contribution >= 0.6 is 0 Å². The van der Waals surface area contributed by atoms with Crippen molar-refractivity contribution in [1.82, 2.24) is 15.0 Å². The van der Waals surface area contributed by atoms with E-state index in [-0.39, 0.29) is 14.5 Å². The van der Waals surface area contributed by atoms with Crippen LogP contribution in [0.4, 0.5) is 0 Å². The third kappa shape index (κ3) is 5.16. The zero-order valence-electron chi connectivity index (χ0n) is 27.5. The molecular formula is C47H29N3Se. The second kappa shape index (κ2) is 12.3. The minimum Gasteiger partial charge on any atom is -0.0617 e. The van der Waals surface area contributed by atoms with E-state index < -0.39 is 0 Å². The fourth-order valence-corrected chi connectivity index (χ4v) is 10.3. The summed E-state index contributed by atoms with van der Waals surface area (Å²) in [5, 5.41) is 7.58. The number of rotatable bonds is 5. The van der Waals surface area contributed by atoms with Crippen LogP contribution < -0.4 is 0 Å². The second-order valence-corrected chi connectivity index (χ2v) is 14.9. The minimum atomic E-state index is 0.0564. The molecular weight excluding hydrogens is 685 g/mol. The molecule has 51 heavy (non-hydrogen) atoms. The van der Waals surface area contributed by atoms with Crippen molar-refractivity contribution in [2.24, 2.45) is 0 Å². The monoisotopic (exact) mass is 715 g/mol. The molecule has 10 rings (SSSR count). The predicted molar refractivity (Wildman–Crippen MR) is 214 cm³/mol. The van der Waals surface area contributed by atoms with Crippen molar-refractivity contribution < 1.29 is 0 Å². The first kappa shape index (κ1) is 29.7. The molecule has 238 valence electrons. The van der Waals surface area contributed by atoms with Gasteiger partial charge in [-0.3, -0.25) is 0 Å². The van der Waals surface area contributed by atoms with Gasteiger partial charge in [-0.25, -0.2) is 0 Å². The standard InChI is InChI=1S/C47H29N3Se/c1-4-13-30(14-5-1)31-23-26-35(27-24-31)46-48-45(34-18-8-3-9-19-34)49-47(50-46)40-29-36-28-25-33-17-10-11-20-37(33)41(36)44-42(40)39-22-12-21-38(43(39)51-44)32-15-6-2-7-16-32/h1-29H. The molecule has 0 N–H and O–H groups in total. The van der Waals surface area contributed by atoms with Gasteiger partial charge in [-0.05, 0) is 0 Å². The van der Waals surface area contributed by atoms with Crippen LogP contribution in [0.3, 0.4) is 0 Å². The minimum absolute atomic E-state index is 0.0564. The Bertz CT molecular complexity index is 2880. The molecule has 0 aliphatic heterocycles. The molecule has 0 amide bonds.